The first-order chi connectivity index (χ1) is 10.6. The minimum absolute atomic E-state index is 0.114. The second-order valence-corrected chi connectivity index (χ2v) is 5.99. The number of rotatable bonds is 5. The third kappa shape index (κ3) is 2.90. The normalized spacial score (nSPS) is 34.8. The van der Waals surface area contributed by atoms with Gasteiger partial charge in [-0.1, -0.05) is 0 Å². The Hall–Kier alpha value is -2.45. The highest BCUT2D eigenvalue weighted by molar-refractivity contribution is 5.86. The van der Waals surface area contributed by atoms with Gasteiger partial charge in [-0.2, -0.15) is 0 Å². The number of fused-ring (bicyclic) bond motifs is 2. The van der Waals surface area contributed by atoms with Gasteiger partial charge in [0.2, 0.25) is 0 Å². The lowest BCUT2D eigenvalue weighted by Gasteiger charge is -2.35. The summed E-state index contributed by atoms with van der Waals surface area (Å²) in [6.45, 7) is 1.02. The molecule has 2 rings (SSSR count). The van der Waals surface area contributed by atoms with Crippen molar-refractivity contribution in [1.82, 2.24) is 0 Å². The number of esters is 2. The Bertz CT molecular complexity index is 581. The number of ether oxygens (including phenoxy) is 1. The minimum atomic E-state index is -1.35. The van der Waals surface area contributed by atoms with Gasteiger partial charge in [0, 0.05) is 13.3 Å². The molecule has 0 aromatic carbocycles. The molecule has 9 heteroatoms. The van der Waals surface area contributed by atoms with Crippen LogP contribution >= 0.6 is 0 Å². The van der Waals surface area contributed by atoms with E-state index in [0.29, 0.717) is 0 Å². The van der Waals surface area contributed by atoms with Gasteiger partial charge in [-0.25, -0.2) is 0 Å². The summed E-state index contributed by atoms with van der Waals surface area (Å²) in [5, 5.41) is 27.9. The smallest absolute Gasteiger partial charge is 0.313 e. The number of carboxylic acid groups (broad SMARTS) is 3. The molecule has 6 unspecified atom stereocenters. The van der Waals surface area contributed by atoms with Gasteiger partial charge in [-0.3, -0.25) is 24.0 Å². The van der Waals surface area contributed by atoms with Crippen molar-refractivity contribution in [3.8, 4) is 0 Å². The zero-order valence-corrected chi connectivity index (χ0v) is 12.2. The Morgan fingerprint density at radius 3 is 1.78 bits per heavy atom. The van der Waals surface area contributed by atoms with Crippen LogP contribution in [-0.2, 0) is 28.7 Å². The molecule has 23 heavy (non-hydrogen) atoms. The van der Waals surface area contributed by atoms with Crippen LogP contribution in [0.2, 0.25) is 0 Å². The standard InChI is InChI=1S/C14H16O9/c1-4(15)23-8(16)3-6-5-2-7(9(6)12(17)18)11(14(21)22)10(5)13(19)20/h5-7,9-11H,2-3H2,1H3,(H,17,18)(H,19,20)(H,21,22). The first-order valence-electron chi connectivity index (χ1n) is 7.04. The zero-order chi connectivity index (χ0) is 17.5. The quantitative estimate of drug-likeness (QED) is 0.460. The third-order valence-electron chi connectivity index (χ3n) is 4.84. The second kappa shape index (κ2) is 5.98. The molecule has 6 atom stereocenters. The van der Waals surface area contributed by atoms with Crippen LogP contribution in [0.25, 0.3) is 0 Å². The molecule has 0 amide bonds. The maximum Gasteiger partial charge on any atom is 0.313 e. The van der Waals surface area contributed by atoms with Crippen molar-refractivity contribution >= 4 is 29.8 Å². The summed E-state index contributed by atoms with van der Waals surface area (Å²) in [5.41, 5.74) is 0. The molecule has 3 N–H and O–H groups in total. The van der Waals surface area contributed by atoms with E-state index in [1.807, 2.05) is 0 Å². The molecular formula is C14H16O9. The fourth-order valence-electron chi connectivity index (χ4n) is 4.25. The van der Waals surface area contributed by atoms with Crippen molar-refractivity contribution in [2.24, 2.45) is 35.5 Å². The Kier molecular flexibility index (Phi) is 4.39. The van der Waals surface area contributed by atoms with Crippen LogP contribution in [0.5, 0.6) is 0 Å². The van der Waals surface area contributed by atoms with Gasteiger partial charge in [-0.05, 0) is 24.2 Å². The van der Waals surface area contributed by atoms with Gasteiger partial charge >= 0.3 is 29.8 Å². The summed E-state index contributed by atoms with van der Waals surface area (Å²) in [7, 11) is 0. The van der Waals surface area contributed by atoms with E-state index in [1.54, 1.807) is 0 Å². The van der Waals surface area contributed by atoms with Crippen LogP contribution in [0.1, 0.15) is 19.8 Å². The van der Waals surface area contributed by atoms with Crippen molar-refractivity contribution in [1.29, 1.82) is 0 Å². The largest absolute Gasteiger partial charge is 0.481 e. The summed E-state index contributed by atoms with van der Waals surface area (Å²) in [4.78, 5) is 56.7. The molecule has 0 aromatic rings. The van der Waals surface area contributed by atoms with E-state index in [0.717, 1.165) is 6.92 Å². The van der Waals surface area contributed by atoms with Crippen LogP contribution in [0, 0.1) is 35.5 Å². The number of carbonyl (C=O) groups excluding carboxylic acids is 2. The van der Waals surface area contributed by atoms with Gasteiger partial charge in [0.1, 0.15) is 0 Å². The highest BCUT2D eigenvalue weighted by Gasteiger charge is 2.64. The van der Waals surface area contributed by atoms with E-state index in [2.05, 4.69) is 4.74 Å². The lowest BCUT2D eigenvalue weighted by atomic mass is 9.67. The molecule has 126 valence electrons. The summed E-state index contributed by atoms with van der Waals surface area (Å²) >= 11 is 0. The van der Waals surface area contributed by atoms with Crippen molar-refractivity contribution < 1.29 is 44.0 Å². The fourth-order valence-corrected chi connectivity index (χ4v) is 4.25. The molecule has 2 bridgehead atoms. The Balaban J connectivity index is 2.30. The maximum absolute atomic E-state index is 11.6. The fraction of sp³-hybridized carbons (Fsp3) is 0.643. The van der Waals surface area contributed by atoms with E-state index >= 15 is 0 Å². The average molecular weight is 328 g/mol. The van der Waals surface area contributed by atoms with Gasteiger partial charge in [0.05, 0.1) is 17.8 Å². The SMILES string of the molecule is CC(=O)OC(=O)CC1C2CC(C1C(=O)O)C(C(=O)O)C2C(=O)O. The van der Waals surface area contributed by atoms with Crippen molar-refractivity contribution in [2.75, 3.05) is 0 Å². The van der Waals surface area contributed by atoms with Crippen LogP contribution in [0.4, 0.5) is 0 Å². The van der Waals surface area contributed by atoms with Gasteiger partial charge in [0.25, 0.3) is 0 Å². The van der Waals surface area contributed by atoms with Gasteiger partial charge in [-0.15, -0.1) is 0 Å². The predicted octanol–water partition coefficient (Wildman–Crippen LogP) is -0.165. The number of carboxylic acids is 3. The molecule has 0 radical (unpaired) electrons. The lowest BCUT2D eigenvalue weighted by molar-refractivity contribution is -0.166. The summed E-state index contributed by atoms with van der Waals surface area (Å²) in [6, 6.07) is 0. The van der Waals surface area contributed by atoms with Crippen LogP contribution < -0.4 is 0 Å². The van der Waals surface area contributed by atoms with Crippen molar-refractivity contribution in [2.45, 2.75) is 19.8 Å². The zero-order valence-electron chi connectivity index (χ0n) is 12.2. The average Bonchev–Trinajstić information content (AvgIpc) is 2.91. The van der Waals surface area contributed by atoms with E-state index in [-0.39, 0.29) is 6.42 Å². The first-order valence-corrected chi connectivity index (χ1v) is 7.04. The van der Waals surface area contributed by atoms with Crippen LogP contribution in [-0.4, -0.2) is 45.2 Å². The monoisotopic (exact) mass is 328 g/mol. The highest BCUT2D eigenvalue weighted by Crippen LogP contribution is 2.59. The summed E-state index contributed by atoms with van der Waals surface area (Å²) in [6.07, 6.45) is -0.309. The number of hydrogen-bond acceptors (Lipinski definition) is 6. The van der Waals surface area contributed by atoms with E-state index in [9.17, 15) is 39.3 Å². The van der Waals surface area contributed by atoms with E-state index < -0.39 is 71.8 Å². The van der Waals surface area contributed by atoms with E-state index in [1.165, 1.54) is 0 Å². The number of hydrogen-bond donors (Lipinski definition) is 3. The molecule has 2 aliphatic rings. The first kappa shape index (κ1) is 16.9. The van der Waals surface area contributed by atoms with Gasteiger partial charge < -0.3 is 20.1 Å². The molecule has 0 spiro atoms. The molecule has 0 aromatic heterocycles. The predicted molar refractivity (Wildman–Crippen MR) is 69.9 cm³/mol. The molecule has 0 heterocycles. The summed E-state index contributed by atoms with van der Waals surface area (Å²) in [5.74, 6) is -11.9. The second-order valence-electron chi connectivity index (χ2n) is 5.99. The maximum atomic E-state index is 11.6. The Morgan fingerprint density at radius 2 is 1.35 bits per heavy atom. The van der Waals surface area contributed by atoms with Crippen molar-refractivity contribution in [3.63, 3.8) is 0 Å². The Labute approximate surface area is 130 Å². The van der Waals surface area contributed by atoms with Crippen LogP contribution in [0.3, 0.4) is 0 Å². The molecule has 9 nitrogen and oxygen atoms in total. The Morgan fingerprint density at radius 1 is 0.870 bits per heavy atom. The minimum Gasteiger partial charge on any atom is -0.481 e. The molecule has 2 fully saturated rings. The third-order valence-corrected chi connectivity index (χ3v) is 4.84. The molecule has 0 saturated heterocycles. The highest BCUT2D eigenvalue weighted by atomic mass is 16.6. The van der Waals surface area contributed by atoms with Crippen LogP contribution in [0.15, 0.2) is 0 Å². The molecular weight excluding hydrogens is 312 g/mol. The van der Waals surface area contributed by atoms with Crippen molar-refractivity contribution in [3.05, 3.63) is 0 Å². The molecule has 0 aliphatic heterocycles. The molecule has 2 aliphatic carbocycles. The van der Waals surface area contributed by atoms with Gasteiger partial charge in [0.15, 0.2) is 0 Å². The van der Waals surface area contributed by atoms with E-state index in [4.69, 9.17) is 0 Å². The summed E-state index contributed by atoms with van der Waals surface area (Å²) < 4.78 is 4.38. The lowest BCUT2D eigenvalue weighted by Crippen LogP contribution is -2.45. The number of carbonyl (C=O) groups is 5. The molecule has 2 saturated carbocycles. The topological polar surface area (TPSA) is 155 Å². The number of aliphatic carboxylic acids is 3.